The molecule has 0 saturated carbocycles. The Morgan fingerprint density at radius 3 is 2.75 bits per heavy atom. The molecule has 3 amide bonds. The highest BCUT2D eigenvalue weighted by Crippen LogP contribution is 2.29. The van der Waals surface area contributed by atoms with Gasteiger partial charge in [0.25, 0.3) is 0 Å². The number of para-hydroxylation sites is 1. The zero-order valence-electron chi connectivity index (χ0n) is 14.3. The first-order valence-electron chi connectivity index (χ1n) is 8.26. The van der Waals surface area contributed by atoms with Crippen LogP contribution in [0.1, 0.15) is 37.6 Å². The van der Waals surface area contributed by atoms with E-state index >= 15 is 0 Å². The number of nitrogens with one attached hydrogen (secondary N) is 2. The van der Waals surface area contributed by atoms with Gasteiger partial charge in [0.1, 0.15) is 11.3 Å². The van der Waals surface area contributed by atoms with Crippen molar-refractivity contribution in [1.29, 1.82) is 0 Å². The van der Waals surface area contributed by atoms with Gasteiger partial charge in [0, 0.05) is 37.0 Å². The van der Waals surface area contributed by atoms with Crippen molar-refractivity contribution in [3.05, 3.63) is 35.6 Å². The van der Waals surface area contributed by atoms with Gasteiger partial charge in [0.15, 0.2) is 0 Å². The molecule has 1 aliphatic heterocycles. The van der Waals surface area contributed by atoms with Crippen molar-refractivity contribution in [3.8, 4) is 0 Å². The first kappa shape index (κ1) is 16.4. The normalized spacial score (nSPS) is 18.6. The fourth-order valence-electron chi connectivity index (χ4n) is 3.26. The second kappa shape index (κ2) is 6.55. The van der Waals surface area contributed by atoms with Gasteiger partial charge in [-0.1, -0.05) is 18.2 Å². The van der Waals surface area contributed by atoms with Crippen LogP contribution in [-0.4, -0.2) is 36.0 Å². The van der Waals surface area contributed by atoms with Gasteiger partial charge in [-0.05, 0) is 26.3 Å². The smallest absolute Gasteiger partial charge is 0.315 e. The van der Waals surface area contributed by atoms with E-state index in [1.165, 1.54) is 0 Å². The van der Waals surface area contributed by atoms with Gasteiger partial charge in [-0.15, -0.1) is 0 Å². The summed E-state index contributed by atoms with van der Waals surface area (Å²) in [5.74, 6) is 0.814. The van der Waals surface area contributed by atoms with Gasteiger partial charge in [-0.2, -0.15) is 0 Å². The second-order valence-corrected chi connectivity index (χ2v) is 6.38. The number of hydrogen-bond acceptors (Lipinski definition) is 3. The predicted octanol–water partition coefficient (Wildman–Crippen LogP) is 2.72. The summed E-state index contributed by atoms with van der Waals surface area (Å²) in [6, 6.07) is 7.37. The summed E-state index contributed by atoms with van der Waals surface area (Å²) in [5, 5.41) is 6.92. The van der Waals surface area contributed by atoms with Gasteiger partial charge in [-0.3, -0.25) is 4.79 Å². The quantitative estimate of drug-likeness (QED) is 0.909. The van der Waals surface area contributed by atoms with Crippen molar-refractivity contribution in [3.63, 3.8) is 0 Å². The van der Waals surface area contributed by atoms with Gasteiger partial charge >= 0.3 is 6.03 Å². The minimum absolute atomic E-state index is 0.00197. The van der Waals surface area contributed by atoms with Crippen molar-refractivity contribution in [2.75, 3.05) is 13.1 Å². The molecule has 0 spiro atoms. The molecule has 2 aromatic rings. The minimum Gasteiger partial charge on any atom is -0.459 e. The SMILES string of the molecule is CC(=O)N1CCC(NC(=O)NC(C)c2oc3ccccc3c2C)C1. The van der Waals surface area contributed by atoms with Crippen LogP contribution in [0, 0.1) is 6.92 Å². The van der Waals surface area contributed by atoms with E-state index in [9.17, 15) is 9.59 Å². The predicted molar refractivity (Wildman–Crippen MR) is 91.7 cm³/mol. The molecule has 0 radical (unpaired) electrons. The summed E-state index contributed by atoms with van der Waals surface area (Å²) in [6.07, 6.45) is 0.783. The van der Waals surface area contributed by atoms with Crippen LogP contribution in [-0.2, 0) is 4.79 Å². The second-order valence-electron chi connectivity index (χ2n) is 6.38. The highest BCUT2D eigenvalue weighted by molar-refractivity contribution is 5.82. The molecule has 0 bridgehead atoms. The molecule has 1 fully saturated rings. The molecule has 2 atom stereocenters. The van der Waals surface area contributed by atoms with Crippen molar-refractivity contribution in [1.82, 2.24) is 15.5 Å². The zero-order valence-corrected chi connectivity index (χ0v) is 14.3. The third kappa shape index (κ3) is 3.22. The van der Waals surface area contributed by atoms with E-state index in [0.717, 1.165) is 28.7 Å². The number of furan rings is 1. The molecule has 2 N–H and O–H groups in total. The number of aryl methyl sites for hydroxylation is 1. The van der Waals surface area contributed by atoms with Gasteiger partial charge in [-0.25, -0.2) is 4.79 Å². The summed E-state index contributed by atoms with van der Waals surface area (Å²) >= 11 is 0. The number of amides is 3. The van der Waals surface area contributed by atoms with Gasteiger partial charge < -0.3 is 20.0 Å². The summed E-state index contributed by atoms with van der Waals surface area (Å²) in [5.41, 5.74) is 1.87. The molecule has 1 saturated heterocycles. The van der Waals surface area contributed by atoms with Crippen LogP contribution in [0.25, 0.3) is 11.0 Å². The number of carbonyl (C=O) groups is 2. The lowest BCUT2D eigenvalue weighted by Gasteiger charge is -2.18. The van der Waals surface area contributed by atoms with Crippen molar-refractivity contribution in [2.45, 2.75) is 39.3 Å². The lowest BCUT2D eigenvalue weighted by Crippen LogP contribution is -2.44. The number of carbonyl (C=O) groups excluding carboxylic acids is 2. The number of hydrogen-bond donors (Lipinski definition) is 2. The number of urea groups is 1. The Balaban J connectivity index is 1.61. The third-order valence-corrected chi connectivity index (χ3v) is 4.59. The fourth-order valence-corrected chi connectivity index (χ4v) is 3.26. The molecule has 6 nitrogen and oxygen atoms in total. The molecule has 1 aliphatic rings. The summed E-state index contributed by atoms with van der Waals surface area (Å²) in [7, 11) is 0. The highest BCUT2D eigenvalue weighted by atomic mass is 16.3. The molecule has 1 aromatic heterocycles. The maximum atomic E-state index is 12.2. The first-order valence-corrected chi connectivity index (χ1v) is 8.26. The number of likely N-dealkylation sites (tertiary alicyclic amines) is 1. The topological polar surface area (TPSA) is 74.6 Å². The van der Waals surface area contributed by atoms with E-state index in [2.05, 4.69) is 10.6 Å². The van der Waals surface area contributed by atoms with Crippen LogP contribution < -0.4 is 10.6 Å². The molecular weight excluding hydrogens is 306 g/mol. The zero-order chi connectivity index (χ0) is 17.3. The Morgan fingerprint density at radius 1 is 1.33 bits per heavy atom. The highest BCUT2D eigenvalue weighted by Gasteiger charge is 2.26. The lowest BCUT2D eigenvalue weighted by molar-refractivity contribution is -0.127. The van der Waals surface area contributed by atoms with Crippen LogP contribution in [0.3, 0.4) is 0 Å². The van der Waals surface area contributed by atoms with E-state index in [1.54, 1.807) is 11.8 Å². The first-order chi connectivity index (χ1) is 11.5. The monoisotopic (exact) mass is 329 g/mol. The Bertz CT molecular complexity index is 768. The van der Waals surface area contributed by atoms with Crippen LogP contribution in [0.2, 0.25) is 0 Å². The summed E-state index contributed by atoms with van der Waals surface area (Å²) in [6.45, 7) is 6.72. The number of fused-ring (bicyclic) bond motifs is 1. The Kier molecular flexibility index (Phi) is 4.46. The van der Waals surface area contributed by atoms with E-state index in [-0.39, 0.29) is 24.0 Å². The van der Waals surface area contributed by atoms with E-state index in [0.29, 0.717) is 13.1 Å². The average Bonchev–Trinajstić information content (AvgIpc) is 3.13. The van der Waals surface area contributed by atoms with E-state index in [1.807, 2.05) is 38.1 Å². The Morgan fingerprint density at radius 2 is 2.08 bits per heavy atom. The maximum absolute atomic E-state index is 12.2. The Labute approximate surface area is 141 Å². The van der Waals surface area contributed by atoms with Crippen LogP contribution in [0.5, 0.6) is 0 Å². The van der Waals surface area contributed by atoms with Crippen LogP contribution in [0.15, 0.2) is 28.7 Å². The van der Waals surface area contributed by atoms with Crippen molar-refractivity contribution in [2.24, 2.45) is 0 Å². The van der Waals surface area contributed by atoms with Crippen LogP contribution >= 0.6 is 0 Å². The van der Waals surface area contributed by atoms with Crippen LogP contribution in [0.4, 0.5) is 4.79 Å². The lowest BCUT2D eigenvalue weighted by atomic mass is 10.1. The molecule has 6 heteroatoms. The molecule has 1 aromatic carbocycles. The molecule has 24 heavy (non-hydrogen) atoms. The third-order valence-electron chi connectivity index (χ3n) is 4.59. The van der Waals surface area contributed by atoms with E-state index < -0.39 is 0 Å². The molecule has 0 aliphatic carbocycles. The average molecular weight is 329 g/mol. The van der Waals surface area contributed by atoms with E-state index in [4.69, 9.17) is 4.42 Å². The van der Waals surface area contributed by atoms with Crippen molar-refractivity contribution >= 4 is 22.9 Å². The van der Waals surface area contributed by atoms with Crippen molar-refractivity contribution < 1.29 is 14.0 Å². The summed E-state index contributed by atoms with van der Waals surface area (Å²) in [4.78, 5) is 25.3. The number of nitrogens with zero attached hydrogens (tertiary/aromatic N) is 1. The molecular formula is C18H23N3O3. The standard InChI is InChI=1S/C18H23N3O3/c1-11-15-6-4-5-7-16(15)24-17(11)12(2)19-18(23)20-14-8-9-21(10-14)13(3)22/h4-7,12,14H,8-10H2,1-3H3,(H2,19,20,23). The molecule has 3 rings (SSSR count). The number of benzene rings is 1. The molecule has 2 unspecified atom stereocenters. The fraction of sp³-hybridized carbons (Fsp3) is 0.444. The maximum Gasteiger partial charge on any atom is 0.315 e. The van der Waals surface area contributed by atoms with Gasteiger partial charge in [0.05, 0.1) is 6.04 Å². The molecule has 128 valence electrons. The minimum atomic E-state index is -0.238. The largest absolute Gasteiger partial charge is 0.459 e. The Hall–Kier alpha value is -2.50. The van der Waals surface area contributed by atoms with Gasteiger partial charge in [0.2, 0.25) is 5.91 Å². The molecule has 2 heterocycles. The summed E-state index contributed by atoms with van der Waals surface area (Å²) < 4.78 is 5.88. The number of rotatable bonds is 3.